The zero-order valence-electron chi connectivity index (χ0n) is 14.3. The van der Waals surface area contributed by atoms with Crippen LogP contribution < -0.4 is 3.61 Å². The summed E-state index contributed by atoms with van der Waals surface area (Å²) in [6.07, 6.45) is 2.76. The molecule has 0 N–H and O–H groups in total. The summed E-state index contributed by atoms with van der Waals surface area (Å²) < 4.78 is 28.0. The number of aryl methyl sites for hydroxylation is 1. The number of hydrogen-bond donors (Lipinski definition) is 0. The number of sulfone groups is 1. The standard InChI is InChI=1S/C19H22Br2O2STe/c1-3-4-8-19(25(20,21)18-9-6-5-7-10-18)15-24(22,23)17-13-11-16(2)12-14-17/h5-7,9-15H,3-4,8H2,1-2H3/b19-15+. The van der Waals surface area contributed by atoms with Gasteiger partial charge in [-0.25, -0.2) is 0 Å². The monoisotopic (exact) mass is 602 g/mol. The molecule has 2 aromatic rings. The van der Waals surface area contributed by atoms with Crippen LogP contribution in [0.15, 0.2) is 68.5 Å². The quantitative estimate of drug-likeness (QED) is 0.392. The van der Waals surface area contributed by atoms with Gasteiger partial charge in [-0.3, -0.25) is 0 Å². The van der Waals surface area contributed by atoms with Gasteiger partial charge in [0.1, 0.15) is 0 Å². The SMILES string of the molecule is CCCC/C(=C\S(=O)(=O)c1ccc(C)cc1)[Te](Br)(Br)c1ccccc1. The van der Waals surface area contributed by atoms with Crippen LogP contribution in [0.2, 0.25) is 0 Å². The molecule has 0 aliphatic heterocycles. The Morgan fingerprint density at radius 3 is 2.20 bits per heavy atom. The van der Waals surface area contributed by atoms with E-state index in [-0.39, 0.29) is 0 Å². The normalized spacial score (nSPS) is 13.7. The molecular weight excluding hydrogens is 580 g/mol. The van der Waals surface area contributed by atoms with Gasteiger partial charge in [-0.2, -0.15) is 0 Å². The summed E-state index contributed by atoms with van der Waals surface area (Å²) in [5.41, 5.74) is 1.05. The number of rotatable bonds is 7. The van der Waals surface area contributed by atoms with Crippen LogP contribution in [0.4, 0.5) is 0 Å². The predicted molar refractivity (Wildman–Crippen MR) is 116 cm³/mol. The Bertz CT molecular complexity index is 829. The fraction of sp³-hybridized carbons (Fsp3) is 0.263. The molecule has 25 heavy (non-hydrogen) atoms. The summed E-state index contributed by atoms with van der Waals surface area (Å²) in [5, 5.41) is 1.49. The van der Waals surface area contributed by atoms with Crippen molar-refractivity contribution in [3.05, 3.63) is 69.2 Å². The fourth-order valence-electron chi connectivity index (χ4n) is 2.31. The molecular formula is C19H22Br2O2STe. The van der Waals surface area contributed by atoms with Gasteiger partial charge in [-0.05, 0) is 0 Å². The van der Waals surface area contributed by atoms with Crippen molar-refractivity contribution in [2.24, 2.45) is 0 Å². The molecule has 2 aromatic carbocycles. The minimum atomic E-state index is -3.47. The number of hydrogen-bond acceptors (Lipinski definition) is 2. The molecule has 0 aliphatic rings. The maximum absolute atomic E-state index is 12.9. The topological polar surface area (TPSA) is 34.1 Å². The second kappa shape index (κ2) is 9.19. The van der Waals surface area contributed by atoms with Crippen LogP contribution in [0.25, 0.3) is 0 Å². The van der Waals surface area contributed by atoms with Crippen LogP contribution >= 0.6 is 25.5 Å². The van der Waals surface area contributed by atoms with Crippen molar-refractivity contribution < 1.29 is 8.42 Å². The van der Waals surface area contributed by atoms with Crippen LogP contribution in [0, 0.1) is 6.92 Å². The van der Waals surface area contributed by atoms with Crippen molar-refractivity contribution in [3.8, 4) is 0 Å². The Labute approximate surface area is 167 Å². The third-order valence-electron chi connectivity index (χ3n) is 3.78. The molecule has 136 valence electrons. The summed E-state index contributed by atoms with van der Waals surface area (Å²) >= 11 is 4.78. The summed E-state index contributed by atoms with van der Waals surface area (Å²) in [6.45, 7) is 4.07. The first-order valence-corrected chi connectivity index (χ1v) is 22.4. The molecule has 2 nitrogen and oxygen atoms in total. The molecule has 2 rings (SSSR count). The van der Waals surface area contributed by atoms with Crippen LogP contribution in [0.5, 0.6) is 0 Å². The molecule has 6 heteroatoms. The third-order valence-corrected chi connectivity index (χ3v) is 21.6. The molecule has 0 heterocycles. The van der Waals surface area contributed by atoms with E-state index >= 15 is 0 Å². The fourth-order valence-corrected chi connectivity index (χ4v) is 17.2. The van der Waals surface area contributed by atoms with Crippen LogP contribution in [-0.4, -0.2) is 22.2 Å². The van der Waals surface area contributed by atoms with Crippen molar-refractivity contribution in [1.82, 2.24) is 0 Å². The van der Waals surface area contributed by atoms with E-state index in [1.54, 1.807) is 12.1 Å². The Balaban J connectivity index is 2.49. The van der Waals surface area contributed by atoms with Crippen molar-refractivity contribution in [2.75, 3.05) is 0 Å². The predicted octanol–water partition coefficient (Wildman–Crippen LogP) is 5.52. The Morgan fingerprint density at radius 2 is 1.64 bits per heavy atom. The van der Waals surface area contributed by atoms with Gasteiger partial charge in [0, 0.05) is 0 Å². The number of benzene rings is 2. The first kappa shape index (κ1) is 21.2. The first-order chi connectivity index (χ1) is 11.8. The van der Waals surface area contributed by atoms with Crippen LogP contribution in [0.3, 0.4) is 0 Å². The molecule has 0 saturated carbocycles. The summed E-state index contributed by atoms with van der Waals surface area (Å²) in [5.74, 6) is 0. The van der Waals surface area contributed by atoms with Crippen LogP contribution in [0.1, 0.15) is 31.7 Å². The van der Waals surface area contributed by atoms with E-state index in [9.17, 15) is 8.42 Å². The number of allylic oxidation sites excluding steroid dienone is 1. The minimum absolute atomic E-state index is 0.346. The van der Waals surface area contributed by atoms with Crippen molar-refractivity contribution in [1.29, 1.82) is 0 Å². The second-order valence-corrected chi connectivity index (χ2v) is 32.0. The molecule has 0 saturated heterocycles. The Hall–Kier alpha value is -0.120. The Morgan fingerprint density at radius 1 is 1.04 bits per heavy atom. The van der Waals surface area contributed by atoms with Gasteiger partial charge in [-0.15, -0.1) is 0 Å². The van der Waals surface area contributed by atoms with Crippen LogP contribution in [-0.2, 0) is 9.84 Å². The van der Waals surface area contributed by atoms with E-state index in [1.807, 2.05) is 37.3 Å². The van der Waals surface area contributed by atoms with Gasteiger partial charge in [0.15, 0.2) is 0 Å². The van der Waals surface area contributed by atoms with Gasteiger partial charge in [0.05, 0.1) is 0 Å². The maximum atomic E-state index is 12.9. The molecule has 0 amide bonds. The zero-order valence-corrected chi connectivity index (χ0v) is 20.6. The van der Waals surface area contributed by atoms with Gasteiger partial charge in [0.2, 0.25) is 0 Å². The van der Waals surface area contributed by atoms with E-state index in [0.29, 0.717) is 4.90 Å². The van der Waals surface area contributed by atoms with Gasteiger partial charge in [-0.1, -0.05) is 0 Å². The van der Waals surface area contributed by atoms with E-state index in [4.69, 9.17) is 0 Å². The van der Waals surface area contributed by atoms with Crippen molar-refractivity contribution in [2.45, 2.75) is 38.0 Å². The first-order valence-electron chi connectivity index (χ1n) is 8.07. The van der Waals surface area contributed by atoms with Gasteiger partial charge >= 0.3 is 168 Å². The van der Waals surface area contributed by atoms with E-state index in [1.165, 1.54) is 5.41 Å². The zero-order chi connectivity index (χ0) is 18.5. The number of unbranched alkanes of at least 4 members (excludes halogenated alkanes) is 1. The van der Waals surface area contributed by atoms with E-state index < -0.39 is 23.6 Å². The molecule has 0 fully saturated rings. The van der Waals surface area contributed by atoms with Gasteiger partial charge < -0.3 is 0 Å². The molecule has 0 unspecified atom stereocenters. The average molecular weight is 602 g/mol. The van der Waals surface area contributed by atoms with Crippen molar-refractivity contribution in [3.63, 3.8) is 0 Å². The average Bonchev–Trinajstić information content (AvgIpc) is 2.59. The summed E-state index contributed by atoms with van der Waals surface area (Å²) in [4.78, 5) is 0.346. The molecule has 0 aliphatic carbocycles. The molecule has 0 aromatic heterocycles. The molecule has 0 bridgehead atoms. The molecule has 0 radical (unpaired) electrons. The van der Waals surface area contributed by atoms with E-state index in [0.717, 1.165) is 32.1 Å². The number of halogens is 2. The summed E-state index contributed by atoms with van der Waals surface area (Å²) in [7, 11) is -3.47. The third kappa shape index (κ3) is 5.68. The summed E-state index contributed by atoms with van der Waals surface area (Å²) in [6, 6.07) is 17.1. The Kier molecular flexibility index (Phi) is 7.79. The van der Waals surface area contributed by atoms with E-state index in [2.05, 4.69) is 44.6 Å². The van der Waals surface area contributed by atoms with Gasteiger partial charge in [0.25, 0.3) is 0 Å². The molecule has 0 spiro atoms. The van der Waals surface area contributed by atoms with Crippen molar-refractivity contribution >= 4 is 52.7 Å². The second-order valence-electron chi connectivity index (χ2n) is 5.83. The molecule has 0 atom stereocenters.